The normalized spacial score (nSPS) is 13.9. The summed E-state index contributed by atoms with van der Waals surface area (Å²) in [6.45, 7) is 5.60. The SMILES string of the molecule is O=C(Nn1ccc2cc(-c3cccc(OCCN4CCOCC4)c3)cnc21)c1cnn(Cc2ccccc2)c1. The number of carbonyl (C=O) groups excluding carboxylic acids is 1. The average molecular weight is 523 g/mol. The van der Waals surface area contributed by atoms with E-state index in [0.717, 1.165) is 60.7 Å². The van der Waals surface area contributed by atoms with Gasteiger partial charge in [0.15, 0.2) is 5.65 Å². The zero-order chi connectivity index (χ0) is 26.4. The van der Waals surface area contributed by atoms with E-state index in [9.17, 15) is 4.79 Å². The van der Waals surface area contributed by atoms with Gasteiger partial charge in [0.05, 0.1) is 31.5 Å². The van der Waals surface area contributed by atoms with E-state index in [-0.39, 0.29) is 5.91 Å². The molecule has 9 nitrogen and oxygen atoms in total. The first kappa shape index (κ1) is 24.8. The predicted octanol–water partition coefficient (Wildman–Crippen LogP) is 4.04. The summed E-state index contributed by atoms with van der Waals surface area (Å²) in [7, 11) is 0. The number of aromatic nitrogens is 4. The molecule has 1 fully saturated rings. The molecule has 0 saturated carbocycles. The van der Waals surface area contributed by atoms with Crippen molar-refractivity contribution in [3.05, 3.63) is 103 Å². The minimum Gasteiger partial charge on any atom is -0.492 e. The summed E-state index contributed by atoms with van der Waals surface area (Å²) in [5, 5.41) is 5.25. The molecule has 0 radical (unpaired) electrons. The van der Waals surface area contributed by atoms with Gasteiger partial charge in [-0.25, -0.2) is 9.66 Å². The number of nitrogens with zero attached hydrogens (tertiary/aromatic N) is 5. The molecule has 1 aliphatic heterocycles. The molecule has 0 spiro atoms. The number of hydrogen-bond donors (Lipinski definition) is 1. The van der Waals surface area contributed by atoms with Crippen LogP contribution < -0.4 is 10.2 Å². The maximum absolute atomic E-state index is 12.9. The highest BCUT2D eigenvalue weighted by atomic mass is 16.5. The van der Waals surface area contributed by atoms with Crippen LogP contribution in [0.25, 0.3) is 22.2 Å². The number of fused-ring (bicyclic) bond motifs is 1. The van der Waals surface area contributed by atoms with Gasteiger partial charge in [0, 0.05) is 49.2 Å². The van der Waals surface area contributed by atoms with Crippen molar-refractivity contribution in [2.24, 2.45) is 0 Å². The Balaban J connectivity index is 1.10. The first-order valence-corrected chi connectivity index (χ1v) is 13.1. The van der Waals surface area contributed by atoms with Crippen LogP contribution in [0.15, 0.2) is 91.5 Å². The van der Waals surface area contributed by atoms with Gasteiger partial charge in [0.1, 0.15) is 12.4 Å². The molecule has 0 bridgehead atoms. The second-order valence-electron chi connectivity index (χ2n) is 9.51. The Kier molecular flexibility index (Phi) is 7.33. The van der Waals surface area contributed by atoms with Crippen molar-refractivity contribution in [2.75, 3.05) is 44.9 Å². The molecule has 1 saturated heterocycles. The van der Waals surface area contributed by atoms with Crippen molar-refractivity contribution in [1.82, 2.24) is 24.3 Å². The number of benzene rings is 2. The third-order valence-electron chi connectivity index (χ3n) is 6.78. The highest BCUT2D eigenvalue weighted by Gasteiger charge is 2.13. The lowest BCUT2D eigenvalue weighted by Crippen LogP contribution is -2.38. The number of morpholine rings is 1. The maximum atomic E-state index is 12.9. The predicted molar refractivity (Wildman–Crippen MR) is 149 cm³/mol. The van der Waals surface area contributed by atoms with Crippen LogP contribution in [0.1, 0.15) is 15.9 Å². The lowest BCUT2D eigenvalue weighted by Gasteiger charge is -2.26. The van der Waals surface area contributed by atoms with E-state index < -0.39 is 0 Å². The molecule has 9 heteroatoms. The zero-order valence-electron chi connectivity index (χ0n) is 21.6. The van der Waals surface area contributed by atoms with E-state index in [1.165, 1.54) is 0 Å². The average Bonchev–Trinajstić information content (AvgIpc) is 3.61. The molecule has 2 aromatic carbocycles. The van der Waals surface area contributed by atoms with E-state index in [1.807, 2.05) is 66.9 Å². The van der Waals surface area contributed by atoms with Crippen LogP contribution in [-0.2, 0) is 11.3 Å². The fraction of sp³-hybridized carbons (Fsp3) is 0.233. The van der Waals surface area contributed by atoms with Crippen LogP contribution in [0.4, 0.5) is 0 Å². The van der Waals surface area contributed by atoms with Crippen LogP contribution >= 0.6 is 0 Å². The van der Waals surface area contributed by atoms with Crippen molar-refractivity contribution in [1.29, 1.82) is 0 Å². The van der Waals surface area contributed by atoms with Crippen molar-refractivity contribution in [3.8, 4) is 16.9 Å². The molecule has 0 unspecified atom stereocenters. The molecular formula is C30H30N6O3. The molecule has 198 valence electrons. The molecule has 5 aromatic rings. The fourth-order valence-electron chi connectivity index (χ4n) is 4.67. The van der Waals surface area contributed by atoms with Gasteiger partial charge in [-0.3, -0.25) is 19.8 Å². The van der Waals surface area contributed by atoms with Crippen molar-refractivity contribution in [2.45, 2.75) is 6.54 Å². The smallest absolute Gasteiger partial charge is 0.273 e. The standard InChI is InChI=1S/C30H30N6O3/c37-30(27-20-32-35(22-27)21-23-5-2-1-3-6-23)33-36-10-9-25-17-26(19-31-29(25)36)24-7-4-8-28(18-24)39-16-13-34-11-14-38-15-12-34/h1-10,17-20,22H,11-16,21H2,(H,33,37). The second-order valence-corrected chi connectivity index (χ2v) is 9.51. The Labute approximate surface area is 226 Å². The van der Waals surface area contributed by atoms with Gasteiger partial charge in [-0.1, -0.05) is 42.5 Å². The summed E-state index contributed by atoms with van der Waals surface area (Å²) in [6, 6.07) is 22.1. The Hall–Kier alpha value is -4.47. The summed E-state index contributed by atoms with van der Waals surface area (Å²) in [5.41, 5.74) is 7.18. The quantitative estimate of drug-likeness (QED) is 0.315. The van der Waals surface area contributed by atoms with Crippen molar-refractivity contribution < 1.29 is 14.3 Å². The topological polar surface area (TPSA) is 86.4 Å². The van der Waals surface area contributed by atoms with E-state index in [1.54, 1.807) is 27.9 Å². The minimum atomic E-state index is -0.250. The summed E-state index contributed by atoms with van der Waals surface area (Å²) in [4.78, 5) is 19.9. The van der Waals surface area contributed by atoms with Gasteiger partial charge >= 0.3 is 0 Å². The Morgan fingerprint density at radius 1 is 0.974 bits per heavy atom. The molecule has 3 aromatic heterocycles. The summed E-state index contributed by atoms with van der Waals surface area (Å²) < 4.78 is 14.8. The fourth-order valence-corrected chi connectivity index (χ4v) is 4.67. The molecule has 1 amide bonds. The Bertz CT molecular complexity index is 1560. The van der Waals surface area contributed by atoms with Crippen molar-refractivity contribution in [3.63, 3.8) is 0 Å². The molecule has 0 aliphatic carbocycles. The van der Waals surface area contributed by atoms with Gasteiger partial charge in [0.25, 0.3) is 5.91 Å². The van der Waals surface area contributed by atoms with Gasteiger partial charge in [-0.05, 0) is 35.4 Å². The summed E-state index contributed by atoms with van der Waals surface area (Å²) >= 11 is 0. The number of carbonyl (C=O) groups is 1. The number of nitrogens with one attached hydrogen (secondary N) is 1. The van der Waals surface area contributed by atoms with Crippen LogP contribution in [0, 0.1) is 0 Å². The molecule has 39 heavy (non-hydrogen) atoms. The van der Waals surface area contributed by atoms with Crippen molar-refractivity contribution >= 4 is 16.9 Å². The number of pyridine rings is 1. The monoisotopic (exact) mass is 522 g/mol. The first-order valence-electron chi connectivity index (χ1n) is 13.1. The van der Waals surface area contributed by atoms with Crippen LogP contribution in [0.5, 0.6) is 5.75 Å². The number of hydrogen-bond acceptors (Lipinski definition) is 6. The second kappa shape index (κ2) is 11.5. The van der Waals surface area contributed by atoms with Crippen LogP contribution in [0.3, 0.4) is 0 Å². The van der Waals surface area contributed by atoms with Crippen LogP contribution in [-0.4, -0.2) is 69.7 Å². The van der Waals surface area contributed by atoms with E-state index in [4.69, 9.17) is 9.47 Å². The van der Waals surface area contributed by atoms with E-state index in [2.05, 4.69) is 26.5 Å². The van der Waals surface area contributed by atoms with E-state index >= 15 is 0 Å². The van der Waals surface area contributed by atoms with Gasteiger partial charge in [-0.2, -0.15) is 5.10 Å². The maximum Gasteiger partial charge on any atom is 0.273 e. The van der Waals surface area contributed by atoms with Gasteiger partial charge in [-0.15, -0.1) is 0 Å². The third kappa shape index (κ3) is 6.00. The largest absolute Gasteiger partial charge is 0.492 e. The van der Waals surface area contributed by atoms with Gasteiger partial charge in [0.2, 0.25) is 0 Å². The zero-order valence-corrected chi connectivity index (χ0v) is 21.6. The number of rotatable bonds is 9. The molecule has 1 aliphatic rings. The Morgan fingerprint density at radius 3 is 2.72 bits per heavy atom. The van der Waals surface area contributed by atoms with Crippen LogP contribution in [0.2, 0.25) is 0 Å². The molecule has 0 atom stereocenters. The molecular weight excluding hydrogens is 492 g/mol. The summed E-state index contributed by atoms with van der Waals surface area (Å²) in [6.07, 6.45) is 6.94. The minimum absolute atomic E-state index is 0.250. The Morgan fingerprint density at radius 2 is 1.85 bits per heavy atom. The molecule has 1 N–H and O–H groups in total. The third-order valence-corrected chi connectivity index (χ3v) is 6.78. The molecule has 6 rings (SSSR count). The van der Waals surface area contributed by atoms with Gasteiger partial charge < -0.3 is 9.47 Å². The number of ether oxygens (including phenoxy) is 2. The highest BCUT2D eigenvalue weighted by molar-refractivity contribution is 6.00. The lowest BCUT2D eigenvalue weighted by atomic mass is 10.1. The number of amides is 1. The lowest BCUT2D eigenvalue weighted by molar-refractivity contribution is 0.0322. The highest BCUT2D eigenvalue weighted by Crippen LogP contribution is 2.26. The summed E-state index contributed by atoms with van der Waals surface area (Å²) in [5.74, 6) is 0.582. The first-order chi connectivity index (χ1) is 19.2. The van der Waals surface area contributed by atoms with E-state index in [0.29, 0.717) is 24.4 Å². The molecule has 4 heterocycles.